The molecule has 2 N–H and O–H groups in total. The van der Waals surface area contributed by atoms with Crippen molar-refractivity contribution in [2.24, 2.45) is 0 Å². The Labute approximate surface area is 143 Å². The van der Waals surface area contributed by atoms with E-state index < -0.39 is 6.10 Å². The number of nitrogens with zero attached hydrogens (tertiary/aromatic N) is 4. The van der Waals surface area contributed by atoms with Gasteiger partial charge in [0.2, 0.25) is 5.06 Å². The second-order valence-electron chi connectivity index (χ2n) is 4.89. The molecule has 8 nitrogen and oxygen atoms in total. The summed E-state index contributed by atoms with van der Waals surface area (Å²) < 4.78 is 5.59. The molecule has 0 fully saturated rings. The first-order valence-electron chi connectivity index (χ1n) is 7.25. The maximum atomic E-state index is 12.1. The molecular weight excluding hydrogens is 330 g/mol. The highest BCUT2D eigenvalue weighted by Gasteiger charge is 2.15. The van der Waals surface area contributed by atoms with Gasteiger partial charge in [0.25, 0.3) is 0 Å². The Morgan fingerprint density at radius 1 is 1.58 bits per heavy atom. The molecule has 0 saturated carbocycles. The van der Waals surface area contributed by atoms with Crippen molar-refractivity contribution in [1.82, 2.24) is 14.9 Å². The number of aliphatic hydroxyl groups is 1. The standard InChI is InChI=1S/C15H17N5O3S/c1-3-20(9-10(2)21)15(22)19-14-18-8-13(24-14)23-12-4-5-17-11(6-12)7-16/h4-6,8,10,21H,3,9H2,1-2H3,(H,18,19,22)/t10-/m0/s1. The number of urea groups is 1. The van der Waals surface area contributed by atoms with Crippen molar-refractivity contribution in [1.29, 1.82) is 5.26 Å². The van der Waals surface area contributed by atoms with Crippen LogP contribution < -0.4 is 10.1 Å². The molecule has 1 atom stereocenters. The molecule has 2 amide bonds. The molecule has 0 aliphatic rings. The Kier molecular flexibility index (Phi) is 6.06. The zero-order valence-electron chi connectivity index (χ0n) is 13.3. The molecule has 126 valence electrons. The van der Waals surface area contributed by atoms with E-state index in [-0.39, 0.29) is 18.3 Å². The Bertz CT molecular complexity index is 741. The fourth-order valence-electron chi connectivity index (χ4n) is 1.86. The number of amides is 2. The summed E-state index contributed by atoms with van der Waals surface area (Å²) in [5.41, 5.74) is 0.252. The lowest BCUT2D eigenvalue weighted by molar-refractivity contribution is 0.141. The predicted molar refractivity (Wildman–Crippen MR) is 89.1 cm³/mol. The topological polar surface area (TPSA) is 111 Å². The van der Waals surface area contributed by atoms with Crippen molar-refractivity contribution in [3.63, 3.8) is 0 Å². The number of anilines is 1. The molecule has 0 bridgehead atoms. The normalized spacial score (nSPS) is 11.4. The fraction of sp³-hybridized carbons (Fsp3) is 0.333. The van der Waals surface area contributed by atoms with Crippen LogP contribution in [0, 0.1) is 11.3 Å². The molecule has 24 heavy (non-hydrogen) atoms. The fourth-order valence-corrected chi connectivity index (χ4v) is 2.54. The quantitative estimate of drug-likeness (QED) is 0.830. The maximum absolute atomic E-state index is 12.1. The van der Waals surface area contributed by atoms with E-state index in [1.165, 1.54) is 23.4 Å². The van der Waals surface area contributed by atoms with E-state index in [1.807, 2.05) is 13.0 Å². The Morgan fingerprint density at radius 3 is 3.04 bits per heavy atom. The highest BCUT2D eigenvalue weighted by molar-refractivity contribution is 7.17. The zero-order valence-corrected chi connectivity index (χ0v) is 14.1. The van der Waals surface area contributed by atoms with Gasteiger partial charge in [0.15, 0.2) is 5.13 Å². The highest BCUT2D eigenvalue weighted by Crippen LogP contribution is 2.30. The second kappa shape index (κ2) is 8.24. The summed E-state index contributed by atoms with van der Waals surface area (Å²) in [5, 5.41) is 21.7. The van der Waals surface area contributed by atoms with Gasteiger partial charge >= 0.3 is 6.03 Å². The van der Waals surface area contributed by atoms with Gasteiger partial charge in [-0.05, 0) is 19.9 Å². The Balaban J connectivity index is 2.00. The third kappa shape index (κ3) is 4.91. The number of rotatable bonds is 6. The lowest BCUT2D eigenvalue weighted by atomic mass is 10.3. The van der Waals surface area contributed by atoms with Gasteiger partial charge in [-0.2, -0.15) is 5.26 Å². The zero-order chi connectivity index (χ0) is 17.5. The lowest BCUT2D eigenvalue weighted by Gasteiger charge is -2.21. The molecule has 0 spiro atoms. The van der Waals surface area contributed by atoms with Crippen molar-refractivity contribution >= 4 is 22.5 Å². The molecule has 0 saturated heterocycles. The first-order valence-corrected chi connectivity index (χ1v) is 8.07. The van der Waals surface area contributed by atoms with Crippen LogP contribution in [0.5, 0.6) is 10.8 Å². The summed E-state index contributed by atoms with van der Waals surface area (Å²) in [6.07, 6.45) is 2.36. The number of pyridine rings is 1. The van der Waals surface area contributed by atoms with Crippen molar-refractivity contribution in [2.45, 2.75) is 20.0 Å². The number of hydrogen-bond acceptors (Lipinski definition) is 7. The smallest absolute Gasteiger partial charge is 0.323 e. The van der Waals surface area contributed by atoms with Crippen LogP contribution >= 0.6 is 11.3 Å². The van der Waals surface area contributed by atoms with Gasteiger partial charge < -0.3 is 14.7 Å². The molecule has 2 rings (SSSR count). The summed E-state index contributed by atoms with van der Waals surface area (Å²) in [7, 11) is 0. The number of carbonyl (C=O) groups excluding carboxylic acids is 1. The van der Waals surface area contributed by atoms with Crippen molar-refractivity contribution < 1.29 is 14.6 Å². The molecule has 0 radical (unpaired) electrons. The van der Waals surface area contributed by atoms with Crippen LogP contribution in [0.2, 0.25) is 0 Å². The third-order valence-electron chi connectivity index (χ3n) is 2.92. The SMILES string of the molecule is CCN(C[C@H](C)O)C(=O)Nc1ncc(Oc2ccnc(C#N)c2)s1. The van der Waals surface area contributed by atoms with E-state index in [0.29, 0.717) is 22.5 Å². The van der Waals surface area contributed by atoms with Gasteiger partial charge in [-0.15, -0.1) is 0 Å². The summed E-state index contributed by atoms with van der Waals surface area (Å²) in [4.78, 5) is 21.5. The average molecular weight is 347 g/mol. The van der Waals surface area contributed by atoms with Crippen molar-refractivity contribution in [3.05, 3.63) is 30.2 Å². The van der Waals surface area contributed by atoms with Crippen LogP contribution in [-0.4, -0.2) is 45.2 Å². The number of aliphatic hydroxyl groups excluding tert-OH is 1. The maximum Gasteiger partial charge on any atom is 0.323 e. The molecule has 2 heterocycles. The minimum absolute atomic E-state index is 0.241. The van der Waals surface area contributed by atoms with Crippen molar-refractivity contribution in [2.75, 3.05) is 18.4 Å². The van der Waals surface area contributed by atoms with E-state index >= 15 is 0 Å². The van der Waals surface area contributed by atoms with Crippen LogP contribution in [0.4, 0.5) is 9.93 Å². The molecule has 0 aromatic carbocycles. The Morgan fingerprint density at radius 2 is 2.38 bits per heavy atom. The number of thiazole rings is 1. The Hall–Kier alpha value is -2.70. The predicted octanol–water partition coefficient (Wildman–Crippen LogP) is 2.44. The molecule has 0 aliphatic heterocycles. The number of carbonyl (C=O) groups is 1. The number of hydrogen-bond donors (Lipinski definition) is 2. The lowest BCUT2D eigenvalue weighted by Crippen LogP contribution is -2.39. The van der Waals surface area contributed by atoms with E-state index in [4.69, 9.17) is 10.00 Å². The summed E-state index contributed by atoms with van der Waals surface area (Å²) in [6, 6.07) is 4.73. The first-order chi connectivity index (χ1) is 11.5. The number of aromatic nitrogens is 2. The molecular formula is C15H17N5O3S. The van der Waals surface area contributed by atoms with Crippen molar-refractivity contribution in [3.8, 4) is 16.9 Å². The van der Waals surface area contributed by atoms with Crippen LogP contribution in [0.1, 0.15) is 19.5 Å². The molecule has 2 aromatic rings. The van der Waals surface area contributed by atoms with Crippen LogP contribution in [-0.2, 0) is 0 Å². The van der Waals surface area contributed by atoms with Crippen LogP contribution in [0.15, 0.2) is 24.5 Å². The van der Waals surface area contributed by atoms with Gasteiger partial charge in [0.05, 0.1) is 12.3 Å². The first kappa shape index (κ1) is 17.7. The summed E-state index contributed by atoms with van der Waals surface area (Å²) in [5.74, 6) is 0.465. The number of nitriles is 1. The number of nitrogens with one attached hydrogen (secondary N) is 1. The molecule has 2 aromatic heterocycles. The van der Waals surface area contributed by atoms with Gasteiger partial charge in [0, 0.05) is 25.4 Å². The van der Waals surface area contributed by atoms with Gasteiger partial charge in [-0.1, -0.05) is 11.3 Å². The largest absolute Gasteiger partial charge is 0.445 e. The van der Waals surface area contributed by atoms with E-state index in [2.05, 4.69) is 15.3 Å². The molecule has 0 aliphatic carbocycles. The van der Waals surface area contributed by atoms with Crippen LogP contribution in [0.25, 0.3) is 0 Å². The average Bonchev–Trinajstić information content (AvgIpc) is 2.99. The second-order valence-corrected chi connectivity index (χ2v) is 5.89. The number of ether oxygens (including phenoxy) is 1. The van der Waals surface area contributed by atoms with E-state index in [1.54, 1.807) is 13.0 Å². The van der Waals surface area contributed by atoms with E-state index in [0.717, 1.165) is 11.3 Å². The van der Waals surface area contributed by atoms with E-state index in [9.17, 15) is 9.90 Å². The van der Waals surface area contributed by atoms with Gasteiger partial charge in [-0.25, -0.2) is 14.8 Å². The molecule has 9 heteroatoms. The minimum atomic E-state index is -0.605. The highest BCUT2D eigenvalue weighted by atomic mass is 32.1. The summed E-state index contributed by atoms with van der Waals surface area (Å²) >= 11 is 1.16. The van der Waals surface area contributed by atoms with Gasteiger partial charge in [-0.3, -0.25) is 5.32 Å². The molecule has 0 unspecified atom stereocenters. The minimum Gasteiger partial charge on any atom is -0.445 e. The summed E-state index contributed by atoms with van der Waals surface area (Å²) in [6.45, 7) is 4.16. The monoisotopic (exact) mass is 347 g/mol. The van der Waals surface area contributed by atoms with Crippen LogP contribution in [0.3, 0.4) is 0 Å². The third-order valence-corrected chi connectivity index (χ3v) is 3.71. The number of likely N-dealkylation sites (N-methyl/N-ethyl adjacent to an activating group) is 1. The van der Waals surface area contributed by atoms with Gasteiger partial charge in [0.1, 0.15) is 17.5 Å².